The molecule has 2 aliphatic heterocycles. The first-order chi connectivity index (χ1) is 14.4. The summed E-state index contributed by atoms with van der Waals surface area (Å²) in [7, 11) is 0. The molecule has 0 aromatic heterocycles. The van der Waals surface area contributed by atoms with Crippen LogP contribution in [-0.2, 0) is 28.5 Å². The molecule has 2 saturated carbocycles. The van der Waals surface area contributed by atoms with Crippen molar-refractivity contribution in [3.63, 3.8) is 0 Å². The molecule has 2 heterocycles. The van der Waals surface area contributed by atoms with Crippen LogP contribution in [0.4, 0.5) is 0 Å². The zero-order valence-electron chi connectivity index (χ0n) is 19.7. The summed E-state index contributed by atoms with van der Waals surface area (Å²) in [6, 6.07) is 0. The van der Waals surface area contributed by atoms with Crippen molar-refractivity contribution in [1.82, 2.24) is 0 Å². The average molecular weight is 439 g/mol. The van der Waals surface area contributed by atoms with Crippen molar-refractivity contribution in [1.29, 1.82) is 0 Å². The minimum atomic E-state index is -1.10. The number of Topliss-reactive ketones (excluding diaryl/α,β-unsaturated/α-hetero) is 1. The molecule has 0 amide bonds. The van der Waals surface area contributed by atoms with Crippen molar-refractivity contribution < 1.29 is 33.6 Å². The third-order valence-corrected chi connectivity index (χ3v) is 8.97. The lowest BCUT2D eigenvalue weighted by Gasteiger charge is -2.64. The lowest BCUT2D eigenvalue weighted by Crippen LogP contribution is -2.71. The zero-order chi connectivity index (χ0) is 22.8. The van der Waals surface area contributed by atoms with Crippen LogP contribution in [0.2, 0.25) is 0 Å². The molecule has 1 N–H and O–H groups in total. The van der Waals surface area contributed by atoms with E-state index >= 15 is 0 Å². The second-order valence-electron chi connectivity index (χ2n) is 11.0. The van der Waals surface area contributed by atoms with Crippen LogP contribution in [0.1, 0.15) is 73.6 Å². The van der Waals surface area contributed by atoms with Gasteiger partial charge in [-0.25, -0.2) is 0 Å². The van der Waals surface area contributed by atoms with Gasteiger partial charge in [-0.05, 0) is 32.6 Å². The van der Waals surface area contributed by atoms with E-state index in [9.17, 15) is 14.7 Å². The highest BCUT2D eigenvalue weighted by molar-refractivity contribution is 5.89. The van der Waals surface area contributed by atoms with Crippen LogP contribution >= 0.6 is 0 Å². The van der Waals surface area contributed by atoms with Gasteiger partial charge in [0.05, 0.1) is 17.8 Å². The van der Waals surface area contributed by atoms with E-state index in [1.165, 1.54) is 6.92 Å². The topological polar surface area (TPSA) is 91.3 Å². The molecule has 4 aliphatic rings. The monoisotopic (exact) mass is 438 g/mol. The number of carbonyl (C=O) groups excluding carboxylic acids is 2. The number of ether oxygens (including phenoxy) is 4. The van der Waals surface area contributed by atoms with E-state index < -0.39 is 34.1 Å². The van der Waals surface area contributed by atoms with Crippen molar-refractivity contribution in [3.05, 3.63) is 0 Å². The lowest BCUT2D eigenvalue weighted by molar-refractivity contribution is -0.266. The van der Waals surface area contributed by atoms with Gasteiger partial charge in [-0.1, -0.05) is 27.7 Å². The molecule has 0 unspecified atom stereocenters. The Balaban J connectivity index is 1.71. The van der Waals surface area contributed by atoms with Crippen molar-refractivity contribution in [2.45, 2.75) is 103 Å². The Morgan fingerprint density at radius 2 is 1.94 bits per heavy atom. The van der Waals surface area contributed by atoms with E-state index in [0.29, 0.717) is 32.5 Å². The summed E-state index contributed by atoms with van der Waals surface area (Å²) >= 11 is 0. The van der Waals surface area contributed by atoms with E-state index in [2.05, 4.69) is 6.92 Å². The summed E-state index contributed by atoms with van der Waals surface area (Å²) in [5.74, 6) is -1.28. The predicted octanol–water partition coefficient (Wildman–Crippen LogP) is 3.01. The van der Waals surface area contributed by atoms with Gasteiger partial charge in [0.25, 0.3) is 0 Å². The third-order valence-electron chi connectivity index (χ3n) is 8.97. The van der Waals surface area contributed by atoms with Crippen molar-refractivity contribution in [2.24, 2.45) is 22.7 Å². The molecule has 0 radical (unpaired) electrons. The van der Waals surface area contributed by atoms with E-state index in [1.807, 2.05) is 27.7 Å². The Morgan fingerprint density at radius 3 is 2.58 bits per heavy atom. The number of carbonyl (C=O) groups is 2. The molecular weight excluding hydrogens is 400 g/mol. The molecule has 176 valence electrons. The molecule has 7 heteroatoms. The van der Waals surface area contributed by atoms with Gasteiger partial charge >= 0.3 is 5.97 Å². The number of rotatable bonds is 3. The van der Waals surface area contributed by atoms with Crippen molar-refractivity contribution in [3.8, 4) is 0 Å². The fourth-order valence-corrected chi connectivity index (χ4v) is 7.52. The predicted molar refractivity (Wildman–Crippen MR) is 112 cm³/mol. The van der Waals surface area contributed by atoms with Crippen LogP contribution < -0.4 is 0 Å². The van der Waals surface area contributed by atoms with Crippen LogP contribution in [0.15, 0.2) is 0 Å². The number of ketones is 1. The van der Waals surface area contributed by atoms with Crippen LogP contribution in [0.5, 0.6) is 0 Å². The van der Waals surface area contributed by atoms with E-state index in [1.54, 1.807) is 0 Å². The van der Waals surface area contributed by atoms with Gasteiger partial charge in [0.15, 0.2) is 12.1 Å². The molecule has 0 aromatic rings. The van der Waals surface area contributed by atoms with E-state index in [0.717, 1.165) is 12.8 Å². The van der Waals surface area contributed by atoms with Gasteiger partial charge in [-0.2, -0.15) is 0 Å². The summed E-state index contributed by atoms with van der Waals surface area (Å²) in [4.78, 5) is 25.3. The lowest BCUT2D eigenvalue weighted by atomic mass is 9.43. The average Bonchev–Trinajstić information content (AvgIpc) is 3.26. The highest BCUT2D eigenvalue weighted by atomic mass is 16.7. The molecule has 0 bridgehead atoms. The molecule has 31 heavy (non-hydrogen) atoms. The molecular formula is C24H38O7. The molecule has 0 aromatic carbocycles. The number of fused-ring (bicyclic) bond motifs is 2. The number of aliphatic hydroxyl groups is 1. The van der Waals surface area contributed by atoms with E-state index in [4.69, 9.17) is 18.9 Å². The van der Waals surface area contributed by atoms with Crippen LogP contribution in [0.25, 0.3) is 0 Å². The smallest absolute Gasteiger partial charge is 0.302 e. The van der Waals surface area contributed by atoms with Crippen molar-refractivity contribution in [2.75, 3.05) is 13.2 Å². The minimum absolute atomic E-state index is 0.151. The Kier molecular flexibility index (Phi) is 5.60. The number of esters is 1. The maximum absolute atomic E-state index is 13.5. The molecule has 4 rings (SSSR count). The maximum Gasteiger partial charge on any atom is 0.302 e. The zero-order valence-corrected chi connectivity index (χ0v) is 19.7. The highest BCUT2D eigenvalue weighted by Gasteiger charge is 2.73. The Hall–Kier alpha value is -1.02. The van der Waals surface area contributed by atoms with Gasteiger partial charge in [0, 0.05) is 42.6 Å². The number of hydrogen-bond acceptors (Lipinski definition) is 7. The molecule has 4 fully saturated rings. The molecule has 2 saturated heterocycles. The molecule has 2 spiro atoms. The standard InChI is InChI=1S/C24H38O7/c1-7-28-17-12-23(13-29-17)10-11-24(31-23)14(2)18(26)19(27)20-21(4,5)16(30-15(3)25)8-9-22(20,24)6/h14,16-18,20,26H,7-13H2,1-6H3/t14-,16-,17+,18-,20+,22+,23+,24-/m0/s1. The summed E-state index contributed by atoms with van der Waals surface area (Å²) in [5.41, 5.74) is -2.17. The largest absolute Gasteiger partial charge is 0.462 e. The maximum atomic E-state index is 13.5. The number of hydrogen-bond donors (Lipinski definition) is 1. The van der Waals surface area contributed by atoms with E-state index in [-0.39, 0.29) is 30.1 Å². The fourth-order valence-electron chi connectivity index (χ4n) is 7.52. The molecule has 2 aliphatic carbocycles. The van der Waals surface area contributed by atoms with Gasteiger partial charge < -0.3 is 24.1 Å². The van der Waals surface area contributed by atoms with Crippen LogP contribution in [-0.4, -0.2) is 59.8 Å². The van der Waals surface area contributed by atoms with Crippen LogP contribution in [0, 0.1) is 22.7 Å². The Labute approximate surface area is 185 Å². The van der Waals surface area contributed by atoms with Crippen LogP contribution in [0.3, 0.4) is 0 Å². The first kappa shape index (κ1) is 23.1. The Bertz CT molecular complexity index is 750. The fraction of sp³-hybridized carbons (Fsp3) is 0.917. The third kappa shape index (κ3) is 3.22. The van der Waals surface area contributed by atoms with Gasteiger partial charge in [-0.3, -0.25) is 9.59 Å². The quantitative estimate of drug-likeness (QED) is 0.677. The summed E-state index contributed by atoms with van der Waals surface area (Å²) in [6.45, 7) is 12.5. The van der Waals surface area contributed by atoms with Gasteiger partial charge in [0.1, 0.15) is 12.2 Å². The minimum Gasteiger partial charge on any atom is -0.462 e. The normalized spacial score (nSPS) is 48.9. The second kappa shape index (κ2) is 7.51. The second-order valence-corrected chi connectivity index (χ2v) is 11.0. The summed E-state index contributed by atoms with van der Waals surface area (Å²) in [5, 5.41) is 11.1. The summed E-state index contributed by atoms with van der Waals surface area (Å²) in [6.07, 6.45) is 1.88. The first-order valence-electron chi connectivity index (χ1n) is 11.7. The highest BCUT2D eigenvalue weighted by Crippen LogP contribution is 2.67. The Morgan fingerprint density at radius 1 is 1.23 bits per heavy atom. The van der Waals surface area contributed by atoms with Crippen molar-refractivity contribution >= 4 is 11.8 Å². The molecule has 8 atom stereocenters. The number of aliphatic hydroxyl groups excluding tert-OH is 1. The molecule has 7 nitrogen and oxygen atoms in total. The SMILES string of the molecule is CCO[C@H]1C[C@]2(CC[C@]3(O2)[C@@H](C)[C@H](O)C(=O)[C@@H]2C(C)(C)[C@@H](OC(C)=O)CC[C@]23C)CO1. The van der Waals surface area contributed by atoms with Gasteiger partial charge in [0.2, 0.25) is 0 Å². The van der Waals surface area contributed by atoms with Gasteiger partial charge in [-0.15, -0.1) is 0 Å². The summed E-state index contributed by atoms with van der Waals surface area (Å²) < 4.78 is 24.2. The first-order valence-corrected chi connectivity index (χ1v) is 11.7.